The Hall–Kier alpha value is -1.66. The molecule has 0 aromatic heterocycles. The summed E-state index contributed by atoms with van der Waals surface area (Å²) in [6.07, 6.45) is 7.23. The highest BCUT2D eigenvalue weighted by atomic mass is 16.7. The van der Waals surface area contributed by atoms with Gasteiger partial charge in [0.15, 0.2) is 11.5 Å². The van der Waals surface area contributed by atoms with Gasteiger partial charge in [-0.1, -0.05) is 12.0 Å². The van der Waals surface area contributed by atoms with Gasteiger partial charge in [0.2, 0.25) is 6.79 Å². The van der Waals surface area contributed by atoms with Crippen molar-refractivity contribution in [2.75, 3.05) is 19.9 Å². The highest BCUT2D eigenvalue weighted by molar-refractivity contribution is 5.44. The van der Waals surface area contributed by atoms with E-state index in [0.717, 1.165) is 30.9 Å². The molecule has 1 aliphatic heterocycles. The lowest BCUT2D eigenvalue weighted by Gasteiger charge is -2.03. The summed E-state index contributed by atoms with van der Waals surface area (Å²) in [7, 11) is 0. The van der Waals surface area contributed by atoms with Crippen LogP contribution in [0.5, 0.6) is 11.5 Å². The molecule has 0 fully saturated rings. The molecular weight excluding hydrogens is 202 g/mol. The molecule has 0 aliphatic carbocycles. The Balaban J connectivity index is 1.80. The summed E-state index contributed by atoms with van der Waals surface area (Å²) in [5.41, 5.74) is 1.27. The molecular formula is C13H15NO2. The van der Waals surface area contributed by atoms with Crippen LogP contribution in [0.2, 0.25) is 0 Å². The third-order valence-electron chi connectivity index (χ3n) is 2.48. The smallest absolute Gasteiger partial charge is 0.231 e. The van der Waals surface area contributed by atoms with E-state index in [2.05, 4.69) is 17.3 Å². The molecule has 0 atom stereocenters. The van der Waals surface area contributed by atoms with Crippen molar-refractivity contribution in [3.8, 4) is 23.8 Å². The second kappa shape index (κ2) is 5.43. The lowest BCUT2D eigenvalue weighted by Crippen LogP contribution is -2.15. The molecule has 0 saturated carbocycles. The Labute approximate surface area is 95.8 Å². The van der Waals surface area contributed by atoms with Crippen LogP contribution in [-0.4, -0.2) is 19.9 Å². The number of terminal acetylenes is 1. The summed E-state index contributed by atoms with van der Waals surface area (Å²) >= 11 is 0. The van der Waals surface area contributed by atoms with E-state index < -0.39 is 0 Å². The Morgan fingerprint density at radius 1 is 1.31 bits per heavy atom. The van der Waals surface area contributed by atoms with Crippen LogP contribution in [0.4, 0.5) is 0 Å². The van der Waals surface area contributed by atoms with Gasteiger partial charge in [-0.25, -0.2) is 0 Å². The van der Waals surface area contributed by atoms with Crippen molar-refractivity contribution in [2.45, 2.75) is 12.8 Å². The topological polar surface area (TPSA) is 30.5 Å². The van der Waals surface area contributed by atoms with Crippen LogP contribution in [0.25, 0.3) is 0 Å². The minimum Gasteiger partial charge on any atom is -0.454 e. The number of fused-ring (bicyclic) bond motifs is 1. The Morgan fingerprint density at radius 2 is 2.19 bits per heavy atom. The Bertz CT molecular complexity index is 395. The van der Waals surface area contributed by atoms with Crippen LogP contribution >= 0.6 is 0 Å². The molecule has 0 amide bonds. The van der Waals surface area contributed by atoms with Gasteiger partial charge in [-0.15, -0.1) is 6.42 Å². The molecule has 1 heterocycles. The average Bonchev–Trinajstić information content (AvgIpc) is 2.76. The first-order chi connectivity index (χ1) is 7.90. The van der Waals surface area contributed by atoms with Crippen molar-refractivity contribution in [1.29, 1.82) is 0 Å². The molecule has 3 heteroatoms. The van der Waals surface area contributed by atoms with E-state index in [4.69, 9.17) is 15.9 Å². The molecule has 1 N–H and O–H groups in total. The van der Waals surface area contributed by atoms with Gasteiger partial charge >= 0.3 is 0 Å². The van der Waals surface area contributed by atoms with Crippen LogP contribution in [-0.2, 0) is 6.42 Å². The molecule has 1 aromatic rings. The van der Waals surface area contributed by atoms with Crippen LogP contribution < -0.4 is 14.8 Å². The molecule has 0 saturated heterocycles. The van der Waals surface area contributed by atoms with Gasteiger partial charge < -0.3 is 14.8 Å². The largest absolute Gasteiger partial charge is 0.454 e. The molecule has 84 valence electrons. The highest BCUT2D eigenvalue weighted by Gasteiger charge is 2.12. The zero-order chi connectivity index (χ0) is 11.2. The molecule has 0 spiro atoms. The van der Waals surface area contributed by atoms with Crippen molar-refractivity contribution < 1.29 is 9.47 Å². The minimum atomic E-state index is 0.336. The normalized spacial score (nSPS) is 12.4. The van der Waals surface area contributed by atoms with Gasteiger partial charge in [0.05, 0.1) is 6.54 Å². The van der Waals surface area contributed by atoms with E-state index in [9.17, 15) is 0 Å². The first-order valence-corrected chi connectivity index (χ1v) is 5.43. The average molecular weight is 217 g/mol. The molecule has 1 aromatic carbocycles. The number of hydrogen-bond donors (Lipinski definition) is 1. The highest BCUT2D eigenvalue weighted by Crippen LogP contribution is 2.32. The van der Waals surface area contributed by atoms with Gasteiger partial charge in [0.1, 0.15) is 0 Å². The molecule has 3 nitrogen and oxygen atoms in total. The lowest BCUT2D eigenvalue weighted by atomic mass is 10.1. The maximum atomic E-state index is 5.32. The number of nitrogens with one attached hydrogen (secondary N) is 1. The number of ether oxygens (including phenoxy) is 2. The summed E-state index contributed by atoms with van der Waals surface area (Å²) in [6, 6.07) is 6.09. The first-order valence-electron chi connectivity index (χ1n) is 5.43. The lowest BCUT2D eigenvalue weighted by molar-refractivity contribution is 0.174. The quantitative estimate of drug-likeness (QED) is 0.600. The molecule has 0 unspecified atom stereocenters. The molecule has 1 aliphatic rings. The van der Waals surface area contributed by atoms with E-state index in [1.54, 1.807) is 0 Å². The van der Waals surface area contributed by atoms with Gasteiger partial charge in [-0.2, -0.15) is 0 Å². The van der Waals surface area contributed by atoms with Gasteiger partial charge in [-0.3, -0.25) is 0 Å². The summed E-state index contributed by atoms with van der Waals surface area (Å²) in [4.78, 5) is 0. The number of benzene rings is 1. The summed E-state index contributed by atoms with van der Waals surface area (Å²) < 4.78 is 10.6. The summed E-state index contributed by atoms with van der Waals surface area (Å²) in [5, 5.41) is 3.17. The van der Waals surface area contributed by atoms with Gasteiger partial charge in [0, 0.05) is 0 Å². The fourth-order valence-electron chi connectivity index (χ4n) is 1.67. The minimum absolute atomic E-state index is 0.336. The maximum absolute atomic E-state index is 5.32. The third-order valence-corrected chi connectivity index (χ3v) is 2.48. The van der Waals surface area contributed by atoms with Gasteiger partial charge in [-0.05, 0) is 37.1 Å². The molecule has 16 heavy (non-hydrogen) atoms. The molecule has 0 bridgehead atoms. The second-order valence-electron chi connectivity index (χ2n) is 3.67. The number of rotatable bonds is 5. The van der Waals surface area contributed by atoms with Crippen LogP contribution in [0.3, 0.4) is 0 Å². The summed E-state index contributed by atoms with van der Waals surface area (Å²) in [5.74, 6) is 4.25. The van der Waals surface area contributed by atoms with Crippen molar-refractivity contribution in [3.05, 3.63) is 23.8 Å². The summed E-state index contributed by atoms with van der Waals surface area (Å²) in [6.45, 7) is 1.92. The Morgan fingerprint density at radius 3 is 3.06 bits per heavy atom. The first kappa shape index (κ1) is 10.8. The zero-order valence-corrected chi connectivity index (χ0v) is 9.16. The second-order valence-corrected chi connectivity index (χ2v) is 3.67. The van der Waals surface area contributed by atoms with E-state index in [-0.39, 0.29) is 0 Å². The standard InChI is InChI=1S/C13H15NO2/c1-2-7-14-8-3-4-11-5-6-12-13(9-11)16-10-15-12/h1,5-6,9,14H,3-4,7-8,10H2. The van der Waals surface area contributed by atoms with E-state index in [1.807, 2.05) is 12.1 Å². The SMILES string of the molecule is C#CCNCCCc1ccc2c(c1)OCO2. The predicted molar refractivity (Wildman–Crippen MR) is 62.6 cm³/mol. The third kappa shape index (κ3) is 2.68. The van der Waals surface area contributed by atoms with Crippen molar-refractivity contribution >= 4 is 0 Å². The van der Waals surface area contributed by atoms with Crippen LogP contribution in [0.15, 0.2) is 18.2 Å². The van der Waals surface area contributed by atoms with Crippen molar-refractivity contribution in [3.63, 3.8) is 0 Å². The fraction of sp³-hybridized carbons (Fsp3) is 0.385. The predicted octanol–water partition coefficient (Wildman–Crippen LogP) is 1.57. The van der Waals surface area contributed by atoms with E-state index in [0.29, 0.717) is 13.3 Å². The van der Waals surface area contributed by atoms with Gasteiger partial charge in [0.25, 0.3) is 0 Å². The molecule has 2 rings (SSSR count). The zero-order valence-electron chi connectivity index (χ0n) is 9.16. The van der Waals surface area contributed by atoms with Crippen LogP contribution in [0.1, 0.15) is 12.0 Å². The maximum Gasteiger partial charge on any atom is 0.231 e. The van der Waals surface area contributed by atoms with Crippen molar-refractivity contribution in [2.24, 2.45) is 0 Å². The Kier molecular flexibility index (Phi) is 3.68. The number of aryl methyl sites for hydroxylation is 1. The monoisotopic (exact) mass is 217 g/mol. The van der Waals surface area contributed by atoms with E-state index in [1.165, 1.54) is 5.56 Å². The molecule has 0 radical (unpaired) electrons. The van der Waals surface area contributed by atoms with E-state index >= 15 is 0 Å². The van der Waals surface area contributed by atoms with Crippen molar-refractivity contribution in [1.82, 2.24) is 5.32 Å². The number of hydrogen-bond acceptors (Lipinski definition) is 3. The van der Waals surface area contributed by atoms with Crippen LogP contribution in [0, 0.1) is 12.3 Å². The fourth-order valence-corrected chi connectivity index (χ4v) is 1.67.